The smallest absolute Gasteiger partial charge is 0.149 e. The highest BCUT2D eigenvalue weighted by molar-refractivity contribution is 6.30. The molecule has 4 nitrogen and oxygen atoms in total. The predicted molar refractivity (Wildman–Crippen MR) is 75.1 cm³/mol. The van der Waals surface area contributed by atoms with Crippen molar-refractivity contribution >= 4 is 11.6 Å². The second-order valence-electron chi connectivity index (χ2n) is 5.12. The standard InChI is InChI=1S/C14H17ClN4/c1-9(14-18-16-8-19(14)2)17-13-6-3-10-7-11(15)4-5-12(10)13/h4-5,7-9,13,17H,3,6H2,1-2H3. The topological polar surface area (TPSA) is 42.7 Å². The summed E-state index contributed by atoms with van der Waals surface area (Å²) in [7, 11) is 1.97. The summed E-state index contributed by atoms with van der Waals surface area (Å²) in [5.41, 5.74) is 2.72. The summed E-state index contributed by atoms with van der Waals surface area (Å²) < 4.78 is 1.95. The number of hydrogen-bond acceptors (Lipinski definition) is 3. The van der Waals surface area contributed by atoms with E-state index >= 15 is 0 Å². The van der Waals surface area contributed by atoms with E-state index in [1.165, 1.54) is 11.1 Å². The van der Waals surface area contributed by atoms with Gasteiger partial charge in [0, 0.05) is 18.1 Å². The van der Waals surface area contributed by atoms with Gasteiger partial charge in [-0.05, 0) is 43.0 Å². The van der Waals surface area contributed by atoms with Crippen molar-refractivity contribution in [1.82, 2.24) is 20.1 Å². The van der Waals surface area contributed by atoms with Crippen LogP contribution in [0.3, 0.4) is 0 Å². The molecule has 5 heteroatoms. The summed E-state index contributed by atoms with van der Waals surface area (Å²) >= 11 is 6.04. The van der Waals surface area contributed by atoms with Crippen LogP contribution in [-0.2, 0) is 13.5 Å². The Morgan fingerprint density at radius 2 is 2.32 bits per heavy atom. The molecule has 19 heavy (non-hydrogen) atoms. The summed E-state index contributed by atoms with van der Waals surface area (Å²) in [5, 5.41) is 12.5. The summed E-state index contributed by atoms with van der Waals surface area (Å²) in [4.78, 5) is 0. The normalized spacial score (nSPS) is 19.4. The molecule has 1 aliphatic rings. The van der Waals surface area contributed by atoms with Crippen LogP contribution in [-0.4, -0.2) is 14.8 Å². The second kappa shape index (κ2) is 4.94. The van der Waals surface area contributed by atoms with Crippen molar-refractivity contribution in [2.24, 2.45) is 7.05 Å². The minimum Gasteiger partial charge on any atom is -0.319 e. The van der Waals surface area contributed by atoms with Crippen molar-refractivity contribution in [3.05, 3.63) is 46.5 Å². The van der Waals surface area contributed by atoms with Crippen LogP contribution < -0.4 is 5.32 Å². The average Bonchev–Trinajstić information content (AvgIpc) is 2.96. The maximum absolute atomic E-state index is 6.04. The molecular formula is C14H17ClN4. The van der Waals surface area contributed by atoms with E-state index in [0.29, 0.717) is 6.04 Å². The Bertz CT molecular complexity index is 593. The van der Waals surface area contributed by atoms with Gasteiger partial charge in [-0.15, -0.1) is 10.2 Å². The molecule has 2 aromatic rings. The van der Waals surface area contributed by atoms with Gasteiger partial charge in [0.2, 0.25) is 0 Å². The van der Waals surface area contributed by atoms with Crippen LogP contribution in [0.2, 0.25) is 5.02 Å². The molecule has 0 bridgehead atoms. The van der Waals surface area contributed by atoms with Crippen LogP contribution in [0.15, 0.2) is 24.5 Å². The fraction of sp³-hybridized carbons (Fsp3) is 0.429. The minimum absolute atomic E-state index is 0.180. The van der Waals surface area contributed by atoms with E-state index in [1.807, 2.05) is 17.7 Å². The summed E-state index contributed by atoms with van der Waals surface area (Å²) in [6.07, 6.45) is 3.92. The van der Waals surface area contributed by atoms with E-state index in [0.717, 1.165) is 23.7 Å². The zero-order chi connectivity index (χ0) is 13.4. The number of benzene rings is 1. The van der Waals surface area contributed by atoms with Crippen LogP contribution >= 0.6 is 11.6 Å². The fourth-order valence-corrected chi connectivity index (χ4v) is 3.01. The quantitative estimate of drug-likeness (QED) is 0.937. The molecule has 0 saturated carbocycles. The van der Waals surface area contributed by atoms with Crippen LogP contribution in [0.1, 0.15) is 42.4 Å². The molecule has 0 spiro atoms. The Hall–Kier alpha value is -1.39. The van der Waals surface area contributed by atoms with Gasteiger partial charge in [-0.1, -0.05) is 17.7 Å². The van der Waals surface area contributed by atoms with Gasteiger partial charge in [0.15, 0.2) is 0 Å². The lowest BCUT2D eigenvalue weighted by Crippen LogP contribution is -2.25. The lowest BCUT2D eigenvalue weighted by Gasteiger charge is -2.19. The van der Waals surface area contributed by atoms with E-state index in [4.69, 9.17) is 11.6 Å². The van der Waals surface area contributed by atoms with Crippen LogP contribution in [0.5, 0.6) is 0 Å². The first-order chi connectivity index (χ1) is 9.15. The molecule has 1 N–H and O–H groups in total. The van der Waals surface area contributed by atoms with Crippen LogP contribution in [0, 0.1) is 0 Å². The third kappa shape index (κ3) is 2.38. The lowest BCUT2D eigenvalue weighted by atomic mass is 10.1. The molecule has 2 atom stereocenters. The SMILES string of the molecule is CC(NC1CCc2cc(Cl)ccc21)c1nncn1C. The zero-order valence-electron chi connectivity index (χ0n) is 11.1. The largest absolute Gasteiger partial charge is 0.319 e. The Morgan fingerprint density at radius 1 is 1.47 bits per heavy atom. The molecule has 1 heterocycles. The molecule has 0 radical (unpaired) electrons. The molecule has 1 aromatic heterocycles. The first kappa shape index (κ1) is 12.6. The third-order valence-corrected chi connectivity index (χ3v) is 4.00. The Labute approximate surface area is 117 Å². The van der Waals surface area contributed by atoms with E-state index < -0.39 is 0 Å². The molecule has 0 amide bonds. The van der Waals surface area contributed by atoms with Crippen molar-refractivity contribution < 1.29 is 0 Å². The van der Waals surface area contributed by atoms with E-state index in [1.54, 1.807) is 6.33 Å². The van der Waals surface area contributed by atoms with E-state index in [2.05, 4.69) is 34.6 Å². The van der Waals surface area contributed by atoms with Gasteiger partial charge in [-0.25, -0.2) is 0 Å². The highest BCUT2D eigenvalue weighted by Crippen LogP contribution is 2.34. The number of nitrogens with one attached hydrogen (secondary N) is 1. The lowest BCUT2D eigenvalue weighted by molar-refractivity contribution is 0.442. The Kier molecular flexibility index (Phi) is 3.29. The average molecular weight is 277 g/mol. The first-order valence-electron chi connectivity index (χ1n) is 6.53. The van der Waals surface area contributed by atoms with E-state index in [9.17, 15) is 0 Å². The molecule has 1 aromatic carbocycles. The van der Waals surface area contributed by atoms with Crippen LogP contribution in [0.4, 0.5) is 0 Å². The van der Waals surface area contributed by atoms with Gasteiger partial charge in [-0.2, -0.15) is 0 Å². The first-order valence-corrected chi connectivity index (χ1v) is 6.91. The number of nitrogens with zero attached hydrogens (tertiary/aromatic N) is 3. The molecule has 0 fully saturated rings. The van der Waals surface area contributed by atoms with E-state index in [-0.39, 0.29) is 6.04 Å². The summed E-state index contributed by atoms with van der Waals surface area (Å²) in [6.45, 7) is 2.12. The Morgan fingerprint density at radius 3 is 3.05 bits per heavy atom. The number of aryl methyl sites for hydroxylation is 2. The van der Waals surface area contributed by atoms with Gasteiger partial charge in [0.1, 0.15) is 12.2 Å². The highest BCUT2D eigenvalue weighted by Gasteiger charge is 2.25. The molecule has 0 aliphatic heterocycles. The monoisotopic (exact) mass is 276 g/mol. The molecular weight excluding hydrogens is 260 g/mol. The number of halogens is 1. The number of fused-ring (bicyclic) bond motifs is 1. The number of hydrogen-bond donors (Lipinski definition) is 1. The fourth-order valence-electron chi connectivity index (χ4n) is 2.82. The van der Waals surface area contributed by atoms with Crippen molar-refractivity contribution in [3.8, 4) is 0 Å². The third-order valence-electron chi connectivity index (χ3n) is 3.77. The van der Waals surface area contributed by atoms with Gasteiger partial charge in [0.25, 0.3) is 0 Å². The van der Waals surface area contributed by atoms with Crippen molar-refractivity contribution in [2.45, 2.75) is 31.8 Å². The summed E-state index contributed by atoms with van der Waals surface area (Å²) in [6, 6.07) is 6.73. The highest BCUT2D eigenvalue weighted by atomic mass is 35.5. The molecule has 2 unspecified atom stereocenters. The van der Waals surface area contributed by atoms with Crippen molar-refractivity contribution in [3.63, 3.8) is 0 Å². The Balaban J connectivity index is 1.78. The maximum atomic E-state index is 6.04. The zero-order valence-corrected chi connectivity index (χ0v) is 11.9. The van der Waals surface area contributed by atoms with Gasteiger partial charge in [0.05, 0.1) is 6.04 Å². The predicted octanol–water partition coefficient (Wildman–Crippen LogP) is 2.81. The minimum atomic E-state index is 0.180. The number of aromatic nitrogens is 3. The molecule has 3 rings (SSSR count). The van der Waals surface area contributed by atoms with Gasteiger partial charge < -0.3 is 9.88 Å². The molecule has 0 saturated heterocycles. The maximum Gasteiger partial charge on any atom is 0.149 e. The molecule has 1 aliphatic carbocycles. The van der Waals surface area contributed by atoms with Crippen molar-refractivity contribution in [2.75, 3.05) is 0 Å². The summed E-state index contributed by atoms with van der Waals surface area (Å²) in [5.74, 6) is 0.961. The van der Waals surface area contributed by atoms with Gasteiger partial charge in [-0.3, -0.25) is 0 Å². The number of rotatable bonds is 3. The molecule has 100 valence electrons. The second-order valence-corrected chi connectivity index (χ2v) is 5.56. The van der Waals surface area contributed by atoms with Crippen molar-refractivity contribution in [1.29, 1.82) is 0 Å². The van der Waals surface area contributed by atoms with Crippen LogP contribution in [0.25, 0.3) is 0 Å². The van der Waals surface area contributed by atoms with Gasteiger partial charge >= 0.3 is 0 Å².